The number of rotatable bonds is 3. The summed E-state index contributed by atoms with van der Waals surface area (Å²) in [6.45, 7) is 0.0700. The molecule has 1 N–H and O–H groups in total. The molecule has 1 aliphatic rings. The zero-order valence-corrected chi connectivity index (χ0v) is 10.3. The largest absolute Gasteiger partial charge is 0.477 e. The van der Waals surface area contributed by atoms with Crippen LogP contribution in [0.4, 0.5) is 0 Å². The number of carbonyl (C=O) groups is 1. The molecule has 4 nitrogen and oxygen atoms in total. The quantitative estimate of drug-likeness (QED) is 0.860. The predicted octanol–water partition coefficient (Wildman–Crippen LogP) is 2.18. The number of ether oxygens (including phenoxy) is 2. The van der Waals surface area contributed by atoms with E-state index in [4.69, 9.17) is 32.7 Å². The Morgan fingerprint density at radius 1 is 1.47 bits per heavy atom. The second-order valence-electron chi connectivity index (χ2n) is 3.60. The number of esters is 1. The summed E-state index contributed by atoms with van der Waals surface area (Å²) in [4.78, 5) is 11.3. The summed E-state index contributed by atoms with van der Waals surface area (Å²) < 4.78 is 10.2. The molecule has 0 bridgehead atoms. The first-order chi connectivity index (χ1) is 8.11. The number of carbonyl (C=O) groups excluding carboxylic acids is 1. The lowest BCUT2D eigenvalue weighted by atomic mass is 10.2. The van der Waals surface area contributed by atoms with Gasteiger partial charge in [-0.15, -0.1) is 0 Å². The summed E-state index contributed by atoms with van der Waals surface area (Å²) in [5.41, 5.74) is 0.446. The molecule has 1 heterocycles. The van der Waals surface area contributed by atoms with E-state index in [-0.39, 0.29) is 17.4 Å². The van der Waals surface area contributed by atoms with Gasteiger partial charge < -0.3 is 14.6 Å². The first-order valence-electron chi connectivity index (χ1n) is 5.04. The number of aliphatic hydroxyl groups is 1. The van der Waals surface area contributed by atoms with Crippen LogP contribution in [0.1, 0.15) is 12.0 Å². The topological polar surface area (TPSA) is 55.8 Å². The van der Waals surface area contributed by atoms with Crippen molar-refractivity contribution in [3.8, 4) is 5.75 Å². The van der Waals surface area contributed by atoms with E-state index in [0.29, 0.717) is 23.6 Å². The van der Waals surface area contributed by atoms with E-state index < -0.39 is 12.1 Å². The molecule has 6 heteroatoms. The Morgan fingerprint density at radius 2 is 2.24 bits per heavy atom. The van der Waals surface area contributed by atoms with Crippen LogP contribution in [0.5, 0.6) is 5.75 Å². The van der Waals surface area contributed by atoms with Crippen LogP contribution in [0.15, 0.2) is 12.1 Å². The Balaban J connectivity index is 2.28. The van der Waals surface area contributed by atoms with E-state index in [2.05, 4.69) is 0 Å². The molecule has 1 unspecified atom stereocenters. The minimum Gasteiger partial charge on any atom is -0.477 e. The number of cyclic esters (lactones) is 1. The molecule has 0 spiro atoms. The molecule has 1 aromatic rings. The van der Waals surface area contributed by atoms with Gasteiger partial charge in [-0.1, -0.05) is 23.2 Å². The summed E-state index contributed by atoms with van der Waals surface area (Å²) >= 11 is 11.8. The molecule has 0 saturated carbocycles. The lowest BCUT2D eigenvalue weighted by molar-refractivity contribution is -0.143. The SMILES string of the molecule is O=C1OCCC1Oc1c(Cl)cc(Cl)cc1CO. The van der Waals surface area contributed by atoms with Gasteiger partial charge in [-0.05, 0) is 12.1 Å². The smallest absolute Gasteiger partial charge is 0.347 e. The van der Waals surface area contributed by atoms with Gasteiger partial charge in [-0.25, -0.2) is 4.79 Å². The van der Waals surface area contributed by atoms with Gasteiger partial charge in [-0.2, -0.15) is 0 Å². The first-order valence-corrected chi connectivity index (χ1v) is 5.79. The zero-order valence-electron chi connectivity index (χ0n) is 8.78. The van der Waals surface area contributed by atoms with Gasteiger partial charge in [0.2, 0.25) is 0 Å². The van der Waals surface area contributed by atoms with Crippen molar-refractivity contribution < 1.29 is 19.4 Å². The summed E-state index contributed by atoms with van der Waals surface area (Å²) in [5, 5.41) is 9.86. The molecule has 1 fully saturated rings. The summed E-state index contributed by atoms with van der Waals surface area (Å²) in [7, 11) is 0. The number of hydrogen-bond donors (Lipinski definition) is 1. The van der Waals surface area contributed by atoms with Gasteiger partial charge in [0, 0.05) is 17.0 Å². The Kier molecular flexibility index (Phi) is 3.76. The second-order valence-corrected chi connectivity index (χ2v) is 4.44. The van der Waals surface area contributed by atoms with Crippen molar-refractivity contribution in [1.82, 2.24) is 0 Å². The fraction of sp³-hybridized carbons (Fsp3) is 0.364. The average Bonchev–Trinajstić information content (AvgIpc) is 2.68. The van der Waals surface area contributed by atoms with Crippen LogP contribution in [-0.4, -0.2) is 23.8 Å². The maximum atomic E-state index is 11.3. The minimum absolute atomic E-state index is 0.265. The van der Waals surface area contributed by atoms with Crippen LogP contribution < -0.4 is 4.74 Å². The first kappa shape index (κ1) is 12.5. The highest BCUT2D eigenvalue weighted by Gasteiger charge is 2.29. The van der Waals surface area contributed by atoms with Gasteiger partial charge in [0.15, 0.2) is 6.10 Å². The third-order valence-corrected chi connectivity index (χ3v) is 2.90. The van der Waals surface area contributed by atoms with Crippen molar-refractivity contribution in [2.45, 2.75) is 19.1 Å². The van der Waals surface area contributed by atoms with E-state index in [1.54, 1.807) is 6.07 Å². The van der Waals surface area contributed by atoms with E-state index in [1.807, 2.05) is 0 Å². The summed E-state index contributed by atoms with van der Waals surface area (Å²) in [5.74, 6) is -0.137. The molecule has 1 saturated heterocycles. The fourth-order valence-corrected chi connectivity index (χ4v) is 2.17. The molecule has 0 amide bonds. The summed E-state index contributed by atoms with van der Waals surface area (Å²) in [6, 6.07) is 3.04. The van der Waals surface area contributed by atoms with Gasteiger partial charge >= 0.3 is 5.97 Å². The van der Waals surface area contributed by atoms with Gasteiger partial charge in [0.05, 0.1) is 18.2 Å². The third kappa shape index (κ3) is 2.65. The predicted molar refractivity (Wildman–Crippen MR) is 62.4 cm³/mol. The van der Waals surface area contributed by atoms with E-state index in [0.717, 1.165) is 0 Å². The minimum atomic E-state index is -0.668. The van der Waals surface area contributed by atoms with E-state index >= 15 is 0 Å². The molecule has 0 aromatic heterocycles. The zero-order chi connectivity index (χ0) is 12.4. The van der Waals surface area contributed by atoms with Crippen molar-refractivity contribution >= 4 is 29.2 Å². The lowest BCUT2D eigenvalue weighted by Gasteiger charge is -2.15. The van der Waals surface area contributed by atoms with E-state index in [9.17, 15) is 9.90 Å². The van der Waals surface area contributed by atoms with Crippen LogP contribution in [0.3, 0.4) is 0 Å². The Hall–Kier alpha value is -0.970. The van der Waals surface area contributed by atoms with Crippen molar-refractivity contribution in [3.05, 3.63) is 27.7 Å². The number of halogens is 2. The van der Waals surface area contributed by atoms with Gasteiger partial charge in [-0.3, -0.25) is 0 Å². The highest BCUT2D eigenvalue weighted by atomic mass is 35.5. The molecular formula is C11H10Cl2O4. The maximum absolute atomic E-state index is 11.3. The van der Waals surface area contributed by atoms with Crippen molar-refractivity contribution in [2.24, 2.45) is 0 Å². The molecule has 92 valence electrons. The lowest BCUT2D eigenvalue weighted by Crippen LogP contribution is -2.22. The maximum Gasteiger partial charge on any atom is 0.347 e. The van der Waals surface area contributed by atoms with Crippen molar-refractivity contribution in [1.29, 1.82) is 0 Å². The standard InChI is InChI=1S/C11H10Cl2O4/c12-7-3-6(5-14)10(8(13)4-7)17-9-1-2-16-11(9)15/h3-4,9,14H,1-2,5H2. The number of hydrogen-bond acceptors (Lipinski definition) is 4. The Labute approximate surface area is 108 Å². The molecular weight excluding hydrogens is 267 g/mol. The van der Waals surface area contributed by atoms with E-state index in [1.165, 1.54) is 6.07 Å². The Bertz CT molecular complexity index is 447. The van der Waals surface area contributed by atoms with Crippen LogP contribution in [0.2, 0.25) is 10.0 Å². The van der Waals surface area contributed by atoms with Crippen LogP contribution in [0.25, 0.3) is 0 Å². The molecule has 2 rings (SSSR count). The highest BCUT2D eigenvalue weighted by Crippen LogP contribution is 2.34. The van der Waals surface area contributed by atoms with Gasteiger partial charge in [0.25, 0.3) is 0 Å². The normalized spacial score (nSPS) is 19.2. The van der Waals surface area contributed by atoms with Gasteiger partial charge in [0.1, 0.15) is 5.75 Å². The van der Waals surface area contributed by atoms with Crippen molar-refractivity contribution in [3.63, 3.8) is 0 Å². The average molecular weight is 277 g/mol. The highest BCUT2D eigenvalue weighted by molar-refractivity contribution is 6.35. The molecule has 0 aliphatic carbocycles. The second kappa shape index (κ2) is 5.12. The monoisotopic (exact) mass is 276 g/mol. The van der Waals surface area contributed by atoms with Crippen LogP contribution in [-0.2, 0) is 16.1 Å². The fourth-order valence-electron chi connectivity index (χ4n) is 1.59. The summed E-state index contributed by atoms with van der Waals surface area (Å²) in [6.07, 6.45) is -0.193. The van der Waals surface area contributed by atoms with Crippen LogP contribution >= 0.6 is 23.2 Å². The van der Waals surface area contributed by atoms with Crippen molar-refractivity contribution in [2.75, 3.05) is 6.61 Å². The van der Waals surface area contributed by atoms with Crippen LogP contribution in [0, 0.1) is 0 Å². The third-order valence-electron chi connectivity index (χ3n) is 2.40. The molecule has 0 radical (unpaired) electrons. The molecule has 1 aromatic carbocycles. The number of benzene rings is 1. The molecule has 1 aliphatic heterocycles. The molecule has 17 heavy (non-hydrogen) atoms. The Morgan fingerprint density at radius 3 is 2.82 bits per heavy atom. The number of aliphatic hydroxyl groups excluding tert-OH is 1. The molecule has 1 atom stereocenters.